The van der Waals surface area contributed by atoms with Gasteiger partial charge in [0.1, 0.15) is 0 Å². The Morgan fingerprint density at radius 1 is 1.26 bits per heavy atom. The summed E-state index contributed by atoms with van der Waals surface area (Å²) in [6.45, 7) is 11.1. The highest BCUT2D eigenvalue weighted by Gasteiger charge is 2.18. The minimum absolute atomic E-state index is 0.0763. The molecule has 0 radical (unpaired) electrons. The van der Waals surface area contributed by atoms with Gasteiger partial charge in [0.05, 0.1) is 34.9 Å². The number of rotatable bonds is 6. The number of methoxy groups -OCH3 is 1. The molecule has 1 unspecified atom stereocenters. The van der Waals surface area contributed by atoms with Crippen LogP contribution in [-0.4, -0.2) is 28.3 Å². The number of hydrogen-bond donors (Lipinski definition) is 1. The van der Waals surface area contributed by atoms with Gasteiger partial charge >= 0.3 is 0 Å². The van der Waals surface area contributed by atoms with Crippen molar-refractivity contribution in [2.75, 3.05) is 13.7 Å². The first-order chi connectivity index (χ1) is 12.9. The van der Waals surface area contributed by atoms with Crippen LogP contribution < -0.4 is 5.56 Å². The summed E-state index contributed by atoms with van der Waals surface area (Å²) in [6, 6.07) is 6.29. The monoisotopic (exact) mass is 367 g/mol. The van der Waals surface area contributed by atoms with Crippen molar-refractivity contribution in [2.24, 2.45) is 0 Å². The highest BCUT2D eigenvalue weighted by Crippen LogP contribution is 2.29. The Morgan fingerprint density at radius 3 is 2.59 bits per heavy atom. The maximum absolute atomic E-state index is 12.7. The highest BCUT2D eigenvalue weighted by atomic mass is 16.5. The van der Waals surface area contributed by atoms with Crippen LogP contribution in [0.4, 0.5) is 0 Å². The second-order valence-corrected chi connectivity index (χ2v) is 7.55. The fourth-order valence-corrected chi connectivity index (χ4v) is 3.57. The third kappa shape index (κ3) is 3.56. The van der Waals surface area contributed by atoms with Gasteiger partial charge in [-0.25, -0.2) is 4.98 Å². The lowest BCUT2D eigenvalue weighted by molar-refractivity contribution is 0.164. The van der Waals surface area contributed by atoms with Crippen molar-refractivity contribution >= 4 is 11.0 Å². The highest BCUT2D eigenvalue weighted by molar-refractivity contribution is 5.84. The second-order valence-electron chi connectivity index (χ2n) is 7.55. The predicted octanol–water partition coefficient (Wildman–Crippen LogP) is 4.59. The maximum Gasteiger partial charge on any atom is 0.257 e. The van der Waals surface area contributed by atoms with E-state index in [2.05, 4.69) is 56.4 Å². The Kier molecular flexibility index (Phi) is 5.51. The van der Waals surface area contributed by atoms with Crippen molar-refractivity contribution in [3.05, 3.63) is 51.6 Å². The Bertz CT molecular complexity index is 1010. The van der Waals surface area contributed by atoms with Gasteiger partial charge in [-0.05, 0) is 55.5 Å². The average Bonchev–Trinajstić information content (AvgIpc) is 2.96. The van der Waals surface area contributed by atoms with E-state index >= 15 is 0 Å². The molecule has 144 valence electrons. The minimum Gasteiger partial charge on any atom is -0.383 e. The molecule has 5 heteroatoms. The van der Waals surface area contributed by atoms with E-state index in [1.807, 2.05) is 12.1 Å². The molecule has 0 aliphatic rings. The van der Waals surface area contributed by atoms with E-state index in [1.165, 1.54) is 0 Å². The van der Waals surface area contributed by atoms with E-state index in [4.69, 9.17) is 9.72 Å². The number of pyridine rings is 2. The van der Waals surface area contributed by atoms with Crippen LogP contribution in [0.3, 0.4) is 0 Å². The van der Waals surface area contributed by atoms with Gasteiger partial charge in [0.25, 0.3) is 5.56 Å². The standard InChI is InChI=1S/C22H29N3O2/c1-7-16-10-19-20(14(4)11-25(19)15(5)12-27-6)24-21(16)17-8-9-18(13(2)3)23-22(17)26/h8-11,13,15H,7,12H2,1-6H3,(H,23,26). The largest absolute Gasteiger partial charge is 0.383 e. The normalized spacial score (nSPS) is 12.9. The zero-order valence-electron chi connectivity index (χ0n) is 17.1. The molecular formula is C22H29N3O2. The van der Waals surface area contributed by atoms with Crippen LogP contribution in [0.15, 0.2) is 29.2 Å². The SMILES string of the molecule is CCc1cc2c(nc1-c1ccc(C(C)C)[nH]c1=O)c(C)cn2C(C)COC. The van der Waals surface area contributed by atoms with Crippen LogP contribution in [0.2, 0.25) is 0 Å². The van der Waals surface area contributed by atoms with Gasteiger partial charge in [0.15, 0.2) is 0 Å². The van der Waals surface area contributed by atoms with Crippen molar-refractivity contribution in [3.63, 3.8) is 0 Å². The number of aromatic amines is 1. The summed E-state index contributed by atoms with van der Waals surface area (Å²) in [5.74, 6) is 0.284. The molecule has 3 heterocycles. The van der Waals surface area contributed by atoms with Crippen LogP contribution in [0.5, 0.6) is 0 Å². The lowest BCUT2D eigenvalue weighted by Crippen LogP contribution is -2.14. The summed E-state index contributed by atoms with van der Waals surface area (Å²) in [6.07, 6.45) is 2.93. The number of nitrogens with zero attached hydrogens (tertiary/aromatic N) is 2. The third-order valence-corrected chi connectivity index (χ3v) is 5.14. The first-order valence-electron chi connectivity index (χ1n) is 9.60. The molecule has 0 bridgehead atoms. The van der Waals surface area contributed by atoms with Crippen molar-refractivity contribution in [3.8, 4) is 11.3 Å². The lowest BCUT2D eigenvalue weighted by Gasteiger charge is -2.15. The van der Waals surface area contributed by atoms with Crippen molar-refractivity contribution in [1.29, 1.82) is 0 Å². The Balaban J connectivity index is 2.20. The van der Waals surface area contributed by atoms with Gasteiger partial charge in [-0.3, -0.25) is 4.79 Å². The predicted molar refractivity (Wildman–Crippen MR) is 111 cm³/mol. The van der Waals surface area contributed by atoms with Crippen LogP contribution in [0.25, 0.3) is 22.3 Å². The maximum atomic E-state index is 12.7. The first-order valence-corrected chi connectivity index (χ1v) is 9.60. The molecule has 5 nitrogen and oxygen atoms in total. The smallest absolute Gasteiger partial charge is 0.257 e. The van der Waals surface area contributed by atoms with Gasteiger partial charge < -0.3 is 14.3 Å². The molecule has 1 atom stereocenters. The molecule has 0 saturated heterocycles. The molecule has 1 N–H and O–H groups in total. The van der Waals surface area contributed by atoms with Crippen molar-refractivity contribution < 1.29 is 4.74 Å². The molecule has 0 aliphatic heterocycles. The minimum atomic E-state index is -0.0763. The molecule has 0 amide bonds. The number of aryl methyl sites for hydroxylation is 2. The second kappa shape index (κ2) is 7.69. The van der Waals surface area contributed by atoms with E-state index in [-0.39, 0.29) is 17.5 Å². The zero-order chi connectivity index (χ0) is 19.7. The van der Waals surface area contributed by atoms with Gasteiger partial charge in [-0.15, -0.1) is 0 Å². The summed E-state index contributed by atoms with van der Waals surface area (Å²) >= 11 is 0. The summed E-state index contributed by atoms with van der Waals surface area (Å²) in [7, 11) is 1.72. The van der Waals surface area contributed by atoms with E-state index < -0.39 is 0 Å². The topological polar surface area (TPSA) is 59.9 Å². The Hall–Kier alpha value is -2.40. The van der Waals surface area contributed by atoms with Crippen LogP contribution in [-0.2, 0) is 11.2 Å². The van der Waals surface area contributed by atoms with Gasteiger partial charge in [-0.1, -0.05) is 20.8 Å². The molecule has 3 aromatic rings. The van der Waals surface area contributed by atoms with Crippen LogP contribution in [0, 0.1) is 6.92 Å². The van der Waals surface area contributed by atoms with Gasteiger partial charge in [0.2, 0.25) is 0 Å². The Morgan fingerprint density at radius 2 is 2.00 bits per heavy atom. The van der Waals surface area contributed by atoms with Gasteiger partial charge in [0, 0.05) is 19.0 Å². The lowest BCUT2D eigenvalue weighted by atomic mass is 10.0. The van der Waals surface area contributed by atoms with Crippen molar-refractivity contribution in [1.82, 2.24) is 14.5 Å². The third-order valence-electron chi connectivity index (χ3n) is 5.14. The molecule has 0 spiro atoms. The molecule has 0 aromatic carbocycles. The molecule has 3 aromatic heterocycles. The summed E-state index contributed by atoms with van der Waals surface area (Å²) in [5, 5.41) is 0. The summed E-state index contributed by atoms with van der Waals surface area (Å²) in [5.41, 5.74) is 6.50. The number of ether oxygens (including phenoxy) is 1. The van der Waals surface area contributed by atoms with E-state index in [0.29, 0.717) is 12.2 Å². The number of fused-ring (bicyclic) bond motifs is 1. The zero-order valence-corrected chi connectivity index (χ0v) is 17.1. The summed E-state index contributed by atoms with van der Waals surface area (Å²) in [4.78, 5) is 20.7. The number of hydrogen-bond acceptors (Lipinski definition) is 3. The molecular weight excluding hydrogens is 338 g/mol. The first kappa shape index (κ1) is 19.4. The molecule has 0 saturated carbocycles. The average molecular weight is 367 g/mol. The van der Waals surface area contributed by atoms with E-state index in [0.717, 1.165) is 40.0 Å². The number of H-pyrrole nitrogens is 1. The van der Waals surface area contributed by atoms with Gasteiger partial charge in [-0.2, -0.15) is 0 Å². The van der Waals surface area contributed by atoms with Crippen LogP contribution in [0.1, 0.15) is 56.5 Å². The van der Waals surface area contributed by atoms with E-state index in [9.17, 15) is 4.79 Å². The quantitative estimate of drug-likeness (QED) is 0.693. The molecule has 3 rings (SSSR count). The van der Waals surface area contributed by atoms with Crippen LogP contribution >= 0.6 is 0 Å². The number of aromatic nitrogens is 3. The van der Waals surface area contributed by atoms with Crippen molar-refractivity contribution in [2.45, 2.75) is 53.0 Å². The summed E-state index contributed by atoms with van der Waals surface area (Å²) < 4.78 is 7.54. The molecule has 0 fully saturated rings. The molecule has 27 heavy (non-hydrogen) atoms. The number of nitrogens with one attached hydrogen (secondary N) is 1. The van der Waals surface area contributed by atoms with E-state index in [1.54, 1.807) is 7.11 Å². The molecule has 0 aliphatic carbocycles. The fourth-order valence-electron chi connectivity index (χ4n) is 3.57. The Labute approximate surface area is 160 Å². The fraction of sp³-hybridized carbons (Fsp3) is 0.455.